The summed E-state index contributed by atoms with van der Waals surface area (Å²) in [6.07, 6.45) is 3.69. The molecule has 0 amide bonds. The number of rotatable bonds is 9. The molecule has 0 fully saturated rings. The van der Waals surface area contributed by atoms with E-state index >= 15 is 0 Å². The average molecular weight is 334 g/mol. The van der Waals surface area contributed by atoms with E-state index in [2.05, 4.69) is 82.9 Å². The first-order valence-electron chi connectivity index (χ1n) is 9.02. The van der Waals surface area contributed by atoms with Crippen LogP contribution >= 0.6 is 0 Å². The molecular weight excluding hydrogens is 298 g/mol. The Kier molecular flexibility index (Phi) is 7.63. The number of anilines is 1. The topological polar surface area (TPSA) is 12.0 Å². The maximum absolute atomic E-state index is 4.17. The minimum Gasteiger partial charge on any atom is -0.409 e. The molecule has 3 heteroatoms. The Balaban J connectivity index is 3.46. The number of nitrogens with one attached hydrogen (secondary N) is 1. The zero-order valence-corrected chi connectivity index (χ0v) is 17.5. The van der Waals surface area contributed by atoms with Gasteiger partial charge >= 0.3 is 0 Å². The molecular formula is C19H35NSi2. The Labute approximate surface area is 140 Å². The zero-order valence-electron chi connectivity index (χ0n) is 15.5. The molecule has 0 saturated carbocycles. The molecule has 0 aliphatic rings. The molecule has 0 heterocycles. The van der Waals surface area contributed by atoms with Crippen LogP contribution in [0, 0.1) is 0 Å². The molecule has 1 rings (SSSR count). The van der Waals surface area contributed by atoms with E-state index in [4.69, 9.17) is 0 Å². The second kappa shape index (κ2) is 8.73. The third-order valence-electron chi connectivity index (χ3n) is 5.80. The monoisotopic (exact) mass is 333 g/mol. The van der Waals surface area contributed by atoms with E-state index < -0.39 is 15.3 Å². The molecule has 0 saturated heterocycles. The predicted octanol–water partition coefficient (Wildman–Crippen LogP) is 6.55. The van der Waals surface area contributed by atoms with Crippen LogP contribution in [-0.4, -0.2) is 15.3 Å². The zero-order chi connectivity index (χ0) is 16.6. The standard InChI is InChI=1S/C19H35NSi2/c1-7-17-22(18(6)8-2,21(9-3,10-4)11-5)20-19-15-13-12-14-16-19/h8,12-16,20H,7,9-11,17H2,1-6H3/b18-8+. The van der Waals surface area contributed by atoms with Crippen molar-refractivity contribution >= 4 is 21.0 Å². The van der Waals surface area contributed by atoms with Gasteiger partial charge in [0.05, 0.1) is 7.59 Å². The van der Waals surface area contributed by atoms with Gasteiger partial charge in [-0.15, -0.1) is 0 Å². The minimum absolute atomic E-state index is 1.28. The largest absolute Gasteiger partial charge is 0.409 e. The third-order valence-corrected chi connectivity index (χ3v) is 26.2. The van der Waals surface area contributed by atoms with Gasteiger partial charge in [0.1, 0.15) is 0 Å². The number of para-hydroxylation sites is 1. The molecule has 124 valence electrons. The molecule has 1 unspecified atom stereocenters. The van der Waals surface area contributed by atoms with Crippen LogP contribution < -0.4 is 4.98 Å². The van der Waals surface area contributed by atoms with E-state index in [9.17, 15) is 0 Å². The highest BCUT2D eigenvalue weighted by atomic mass is 29.3. The summed E-state index contributed by atoms with van der Waals surface area (Å²) in [5.41, 5.74) is 1.33. The van der Waals surface area contributed by atoms with Crippen LogP contribution in [0.25, 0.3) is 0 Å². The number of allylic oxidation sites excluding steroid dienone is 2. The molecule has 0 aliphatic heterocycles. The molecule has 0 bridgehead atoms. The van der Waals surface area contributed by atoms with Gasteiger partial charge in [-0.25, -0.2) is 0 Å². The fraction of sp³-hybridized carbons (Fsp3) is 0.579. The van der Waals surface area contributed by atoms with Crippen molar-refractivity contribution in [3.8, 4) is 0 Å². The van der Waals surface area contributed by atoms with E-state index in [1.54, 1.807) is 5.20 Å². The fourth-order valence-electron chi connectivity index (χ4n) is 4.22. The molecule has 0 spiro atoms. The summed E-state index contributed by atoms with van der Waals surface area (Å²) < 4.78 is 0. The summed E-state index contributed by atoms with van der Waals surface area (Å²) in [7, 11) is -2.99. The Bertz CT molecular complexity index is 457. The van der Waals surface area contributed by atoms with Crippen molar-refractivity contribution in [3.63, 3.8) is 0 Å². The lowest BCUT2D eigenvalue weighted by atomic mass is 10.3. The van der Waals surface area contributed by atoms with Crippen molar-refractivity contribution in [1.82, 2.24) is 0 Å². The molecule has 1 atom stereocenters. The molecule has 1 N–H and O–H groups in total. The summed E-state index contributed by atoms with van der Waals surface area (Å²) in [5, 5.41) is 1.68. The Morgan fingerprint density at radius 1 is 1.00 bits per heavy atom. The van der Waals surface area contributed by atoms with Crippen molar-refractivity contribution in [2.45, 2.75) is 72.1 Å². The summed E-state index contributed by atoms with van der Waals surface area (Å²) in [5.74, 6) is 0. The molecule has 22 heavy (non-hydrogen) atoms. The molecule has 1 nitrogen and oxygen atoms in total. The predicted molar refractivity (Wildman–Crippen MR) is 108 cm³/mol. The van der Waals surface area contributed by atoms with Crippen LogP contribution in [0.5, 0.6) is 0 Å². The summed E-state index contributed by atoms with van der Waals surface area (Å²) in [4.78, 5) is 4.17. The Hall–Kier alpha value is -0.806. The number of benzene rings is 1. The number of hydrogen-bond donors (Lipinski definition) is 1. The van der Waals surface area contributed by atoms with Gasteiger partial charge in [-0.2, -0.15) is 0 Å². The molecule has 0 radical (unpaired) electrons. The lowest BCUT2D eigenvalue weighted by Crippen LogP contribution is -2.68. The van der Waals surface area contributed by atoms with Crippen LogP contribution in [-0.2, 0) is 0 Å². The summed E-state index contributed by atoms with van der Waals surface area (Å²) >= 11 is 0. The minimum atomic E-state index is -1.67. The Morgan fingerprint density at radius 2 is 1.55 bits per heavy atom. The first kappa shape index (κ1) is 19.2. The number of hydrogen-bond acceptors (Lipinski definition) is 1. The second-order valence-electron chi connectivity index (χ2n) is 6.46. The van der Waals surface area contributed by atoms with Crippen LogP contribution in [0.15, 0.2) is 41.6 Å². The average Bonchev–Trinajstić information content (AvgIpc) is 2.57. The van der Waals surface area contributed by atoms with Gasteiger partial charge in [0, 0.05) is 5.69 Å². The molecule has 1 aromatic rings. The van der Waals surface area contributed by atoms with Crippen LogP contribution in [0.2, 0.25) is 24.2 Å². The van der Waals surface area contributed by atoms with Gasteiger partial charge in [-0.05, 0) is 32.0 Å². The molecule has 0 aliphatic carbocycles. The van der Waals surface area contributed by atoms with E-state index in [0.29, 0.717) is 0 Å². The van der Waals surface area contributed by atoms with E-state index in [1.807, 2.05) is 0 Å². The Morgan fingerprint density at radius 3 is 1.95 bits per heavy atom. The molecule has 1 aromatic carbocycles. The van der Waals surface area contributed by atoms with Crippen molar-refractivity contribution < 1.29 is 0 Å². The van der Waals surface area contributed by atoms with Crippen LogP contribution in [0.4, 0.5) is 5.69 Å². The van der Waals surface area contributed by atoms with Gasteiger partial charge in [-0.3, -0.25) is 0 Å². The van der Waals surface area contributed by atoms with Crippen molar-refractivity contribution in [1.29, 1.82) is 0 Å². The highest BCUT2D eigenvalue weighted by molar-refractivity contribution is 7.46. The van der Waals surface area contributed by atoms with Crippen molar-refractivity contribution in [2.24, 2.45) is 0 Å². The van der Waals surface area contributed by atoms with Gasteiger partial charge in [0.15, 0.2) is 7.75 Å². The second-order valence-corrected chi connectivity index (χ2v) is 20.2. The maximum atomic E-state index is 4.17. The van der Waals surface area contributed by atoms with Crippen LogP contribution in [0.3, 0.4) is 0 Å². The first-order chi connectivity index (χ1) is 10.6. The van der Waals surface area contributed by atoms with E-state index in [1.165, 1.54) is 36.3 Å². The van der Waals surface area contributed by atoms with E-state index in [0.717, 1.165) is 0 Å². The SMILES string of the molecule is C/C=C(\C)[Si](CCC)(Nc1ccccc1)[Si](CC)(CC)CC. The summed E-state index contributed by atoms with van der Waals surface area (Å²) in [6, 6.07) is 16.5. The quantitative estimate of drug-likeness (QED) is 0.505. The summed E-state index contributed by atoms with van der Waals surface area (Å²) in [6.45, 7) is 14.3. The van der Waals surface area contributed by atoms with Gasteiger partial charge < -0.3 is 4.98 Å². The van der Waals surface area contributed by atoms with E-state index in [-0.39, 0.29) is 0 Å². The lowest BCUT2D eigenvalue weighted by Gasteiger charge is -2.49. The normalized spacial score (nSPS) is 15.5. The smallest absolute Gasteiger partial charge is 0.168 e. The fourth-order valence-corrected chi connectivity index (χ4v) is 23.7. The van der Waals surface area contributed by atoms with Crippen molar-refractivity contribution in [2.75, 3.05) is 4.98 Å². The highest BCUT2D eigenvalue weighted by Crippen LogP contribution is 2.39. The van der Waals surface area contributed by atoms with Gasteiger partial charge in [-0.1, -0.05) is 81.7 Å². The van der Waals surface area contributed by atoms with Crippen LogP contribution in [0.1, 0.15) is 48.0 Å². The lowest BCUT2D eigenvalue weighted by molar-refractivity contribution is 1.04. The van der Waals surface area contributed by atoms with Gasteiger partial charge in [0.25, 0.3) is 0 Å². The third kappa shape index (κ3) is 3.57. The van der Waals surface area contributed by atoms with Gasteiger partial charge in [0.2, 0.25) is 0 Å². The van der Waals surface area contributed by atoms with Crippen molar-refractivity contribution in [3.05, 3.63) is 41.6 Å². The highest BCUT2D eigenvalue weighted by Gasteiger charge is 2.52. The maximum Gasteiger partial charge on any atom is 0.168 e. The first-order valence-corrected chi connectivity index (χ1v) is 14.8. The molecule has 0 aromatic heterocycles.